The molecule has 1 aliphatic rings. The van der Waals surface area contributed by atoms with E-state index in [9.17, 15) is 14.4 Å². The average molecular weight is 462 g/mol. The molecule has 0 radical (unpaired) electrons. The number of amides is 3. The molecule has 2 heterocycles. The number of benzene rings is 2. The Hall–Kier alpha value is -4.01. The Balaban J connectivity index is 1.31. The van der Waals surface area contributed by atoms with Crippen LogP contribution >= 0.6 is 0 Å². The van der Waals surface area contributed by atoms with Gasteiger partial charge in [-0.25, -0.2) is 0 Å². The van der Waals surface area contributed by atoms with Crippen molar-refractivity contribution in [2.24, 2.45) is 0 Å². The molecule has 1 fully saturated rings. The van der Waals surface area contributed by atoms with Gasteiger partial charge in [0.15, 0.2) is 0 Å². The molecule has 1 aromatic heterocycles. The molecule has 4 rings (SSSR count). The first kappa shape index (κ1) is 23.2. The zero-order valence-electron chi connectivity index (χ0n) is 19.0. The molecule has 34 heavy (non-hydrogen) atoms. The minimum atomic E-state index is -0.181. The van der Waals surface area contributed by atoms with Crippen molar-refractivity contribution >= 4 is 23.4 Å². The zero-order chi connectivity index (χ0) is 23.9. The SMILES string of the molecule is CC(=O)Nc1ccc(-c2noc(C3CCCN(C(=O)CNC(=O)Cc4ccccc4)C3)n2)cc1. The summed E-state index contributed by atoms with van der Waals surface area (Å²) in [6.07, 6.45) is 1.90. The van der Waals surface area contributed by atoms with Crippen molar-refractivity contribution in [1.29, 1.82) is 0 Å². The second-order valence-electron chi connectivity index (χ2n) is 8.33. The van der Waals surface area contributed by atoms with Gasteiger partial charge in [0.05, 0.1) is 18.9 Å². The Labute approximate surface area is 197 Å². The van der Waals surface area contributed by atoms with Crippen LogP contribution in [0.15, 0.2) is 59.1 Å². The highest BCUT2D eigenvalue weighted by atomic mass is 16.5. The van der Waals surface area contributed by atoms with Crippen LogP contribution in [-0.2, 0) is 20.8 Å². The summed E-state index contributed by atoms with van der Waals surface area (Å²) in [6, 6.07) is 16.6. The largest absolute Gasteiger partial charge is 0.347 e. The van der Waals surface area contributed by atoms with Crippen molar-refractivity contribution in [3.05, 3.63) is 66.1 Å². The Kier molecular flexibility index (Phi) is 7.31. The van der Waals surface area contributed by atoms with Crippen molar-refractivity contribution in [2.45, 2.75) is 32.1 Å². The predicted octanol–water partition coefficient (Wildman–Crippen LogP) is 2.76. The monoisotopic (exact) mass is 461 g/mol. The molecule has 1 saturated heterocycles. The summed E-state index contributed by atoms with van der Waals surface area (Å²) in [5.41, 5.74) is 2.37. The van der Waals surface area contributed by atoms with Crippen molar-refractivity contribution in [3.8, 4) is 11.4 Å². The summed E-state index contributed by atoms with van der Waals surface area (Å²) < 4.78 is 5.51. The summed E-state index contributed by atoms with van der Waals surface area (Å²) in [7, 11) is 0. The minimum absolute atomic E-state index is 0.0336. The first-order valence-electron chi connectivity index (χ1n) is 11.3. The van der Waals surface area contributed by atoms with Crippen molar-refractivity contribution < 1.29 is 18.9 Å². The molecule has 1 atom stereocenters. The third-order valence-electron chi connectivity index (χ3n) is 5.67. The van der Waals surface area contributed by atoms with E-state index in [1.807, 2.05) is 42.5 Å². The standard InChI is InChI=1S/C25H27N5O4/c1-17(31)27-21-11-9-19(10-12-21)24-28-25(34-29-24)20-8-5-13-30(16-20)23(33)15-26-22(32)14-18-6-3-2-4-7-18/h2-4,6-7,9-12,20H,5,8,13-16H2,1H3,(H,26,32)(H,27,31). The van der Waals surface area contributed by atoms with Crippen LogP contribution in [0.3, 0.4) is 0 Å². The van der Waals surface area contributed by atoms with E-state index >= 15 is 0 Å². The Morgan fingerprint density at radius 1 is 1.09 bits per heavy atom. The van der Waals surface area contributed by atoms with Gasteiger partial charge in [-0.05, 0) is 42.7 Å². The van der Waals surface area contributed by atoms with E-state index in [1.165, 1.54) is 6.92 Å². The van der Waals surface area contributed by atoms with Gasteiger partial charge in [0.25, 0.3) is 0 Å². The minimum Gasteiger partial charge on any atom is -0.347 e. The maximum absolute atomic E-state index is 12.7. The molecule has 2 aromatic carbocycles. The fraction of sp³-hybridized carbons (Fsp3) is 0.320. The lowest BCUT2D eigenvalue weighted by Gasteiger charge is -2.31. The van der Waals surface area contributed by atoms with E-state index in [-0.39, 0.29) is 36.6 Å². The van der Waals surface area contributed by atoms with E-state index in [1.54, 1.807) is 17.0 Å². The number of nitrogens with zero attached hydrogens (tertiary/aromatic N) is 3. The van der Waals surface area contributed by atoms with Crippen LogP contribution in [0.2, 0.25) is 0 Å². The number of carbonyl (C=O) groups excluding carboxylic acids is 3. The van der Waals surface area contributed by atoms with Gasteiger partial charge >= 0.3 is 0 Å². The smallest absolute Gasteiger partial charge is 0.241 e. The highest BCUT2D eigenvalue weighted by molar-refractivity contribution is 5.89. The molecule has 3 amide bonds. The molecule has 0 bridgehead atoms. The number of hydrogen-bond acceptors (Lipinski definition) is 6. The van der Waals surface area contributed by atoms with Crippen LogP contribution in [-0.4, -0.2) is 52.4 Å². The van der Waals surface area contributed by atoms with E-state index < -0.39 is 0 Å². The molecule has 0 spiro atoms. The second-order valence-corrected chi connectivity index (χ2v) is 8.33. The quantitative estimate of drug-likeness (QED) is 0.559. The van der Waals surface area contributed by atoms with Crippen LogP contribution in [0.5, 0.6) is 0 Å². The predicted molar refractivity (Wildman–Crippen MR) is 126 cm³/mol. The van der Waals surface area contributed by atoms with Crippen LogP contribution in [0.1, 0.15) is 37.1 Å². The number of carbonyl (C=O) groups is 3. The molecule has 9 nitrogen and oxygen atoms in total. The molecule has 9 heteroatoms. The Morgan fingerprint density at radius 2 is 1.85 bits per heavy atom. The van der Waals surface area contributed by atoms with Gasteiger partial charge in [-0.2, -0.15) is 4.98 Å². The van der Waals surface area contributed by atoms with Crippen LogP contribution in [0.25, 0.3) is 11.4 Å². The third kappa shape index (κ3) is 6.06. The third-order valence-corrected chi connectivity index (χ3v) is 5.67. The van der Waals surface area contributed by atoms with Gasteiger partial charge < -0.3 is 20.1 Å². The number of anilines is 1. The van der Waals surface area contributed by atoms with Crippen molar-refractivity contribution in [2.75, 3.05) is 25.0 Å². The van der Waals surface area contributed by atoms with E-state index in [2.05, 4.69) is 20.8 Å². The lowest BCUT2D eigenvalue weighted by molar-refractivity contribution is -0.133. The first-order chi connectivity index (χ1) is 16.5. The number of aromatic nitrogens is 2. The molecule has 176 valence electrons. The van der Waals surface area contributed by atoms with Crippen LogP contribution < -0.4 is 10.6 Å². The first-order valence-corrected chi connectivity index (χ1v) is 11.3. The van der Waals surface area contributed by atoms with Gasteiger partial charge in [0, 0.05) is 31.3 Å². The maximum atomic E-state index is 12.7. The lowest BCUT2D eigenvalue weighted by atomic mass is 9.98. The molecular formula is C25H27N5O4. The molecule has 0 aliphatic carbocycles. The fourth-order valence-corrected chi connectivity index (χ4v) is 3.96. The summed E-state index contributed by atoms with van der Waals surface area (Å²) in [5, 5.41) is 9.52. The van der Waals surface area contributed by atoms with Gasteiger partial charge in [0.2, 0.25) is 29.4 Å². The number of hydrogen-bond donors (Lipinski definition) is 2. The highest BCUT2D eigenvalue weighted by Crippen LogP contribution is 2.28. The van der Waals surface area contributed by atoms with Crippen LogP contribution in [0.4, 0.5) is 5.69 Å². The van der Waals surface area contributed by atoms with E-state index in [0.717, 1.165) is 24.0 Å². The topological polar surface area (TPSA) is 117 Å². The number of likely N-dealkylation sites (tertiary alicyclic amines) is 1. The molecule has 1 unspecified atom stereocenters. The van der Waals surface area contributed by atoms with Crippen LogP contribution in [0, 0.1) is 0 Å². The number of piperidine rings is 1. The molecular weight excluding hydrogens is 434 g/mol. The molecule has 0 saturated carbocycles. The molecule has 3 aromatic rings. The van der Waals surface area contributed by atoms with E-state index in [4.69, 9.17) is 4.52 Å². The Morgan fingerprint density at radius 3 is 2.59 bits per heavy atom. The maximum Gasteiger partial charge on any atom is 0.241 e. The van der Waals surface area contributed by atoms with Crippen molar-refractivity contribution in [3.63, 3.8) is 0 Å². The second kappa shape index (κ2) is 10.7. The number of nitrogens with one attached hydrogen (secondary N) is 2. The summed E-state index contributed by atoms with van der Waals surface area (Å²) >= 11 is 0. The summed E-state index contributed by atoms with van der Waals surface area (Å²) in [4.78, 5) is 42.3. The van der Waals surface area contributed by atoms with Gasteiger partial charge in [0.1, 0.15) is 0 Å². The van der Waals surface area contributed by atoms with Crippen molar-refractivity contribution in [1.82, 2.24) is 20.4 Å². The van der Waals surface area contributed by atoms with Gasteiger partial charge in [-0.1, -0.05) is 35.5 Å². The summed E-state index contributed by atoms with van der Waals surface area (Å²) in [5.74, 6) is 0.450. The zero-order valence-corrected chi connectivity index (χ0v) is 19.0. The number of rotatable bonds is 7. The Bertz CT molecular complexity index is 1140. The molecule has 2 N–H and O–H groups in total. The molecule has 1 aliphatic heterocycles. The van der Waals surface area contributed by atoms with Gasteiger partial charge in [-0.15, -0.1) is 0 Å². The fourth-order valence-electron chi connectivity index (χ4n) is 3.96. The van der Waals surface area contributed by atoms with E-state index in [0.29, 0.717) is 30.5 Å². The van der Waals surface area contributed by atoms with Gasteiger partial charge in [-0.3, -0.25) is 14.4 Å². The summed E-state index contributed by atoms with van der Waals surface area (Å²) in [6.45, 7) is 2.52. The lowest BCUT2D eigenvalue weighted by Crippen LogP contribution is -2.44. The average Bonchev–Trinajstić information content (AvgIpc) is 3.34. The highest BCUT2D eigenvalue weighted by Gasteiger charge is 2.28. The normalized spacial score (nSPS) is 15.6.